The van der Waals surface area contributed by atoms with Gasteiger partial charge in [-0.2, -0.15) is 0 Å². The topological polar surface area (TPSA) is 71.7 Å². The molecule has 0 radical (unpaired) electrons. The van der Waals surface area contributed by atoms with Gasteiger partial charge in [-0.15, -0.1) is 0 Å². The van der Waals surface area contributed by atoms with Crippen molar-refractivity contribution in [1.29, 1.82) is 0 Å². The van der Waals surface area contributed by atoms with E-state index in [2.05, 4.69) is 41.1 Å². The van der Waals surface area contributed by atoms with Crippen molar-refractivity contribution in [3.05, 3.63) is 53.7 Å². The lowest BCUT2D eigenvalue weighted by molar-refractivity contribution is 0.0375. The number of unbranched alkanes of at least 4 members (excludes halogenated alkanes) is 1. The highest BCUT2D eigenvalue weighted by Gasteiger charge is 2.37. The van der Waals surface area contributed by atoms with Crippen LogP contribution in [0.15, 0.2) is 42.6 Å². The monoisotopic (exact) mass is 464 g/mol. The van der Waals surface area contributed by atoms with Gasteiger partial charge in [-0.25, -0.2) is 4.98 Å². The summed E-state index contributed by atoms with van der Waals surface area (Å²) >= 11 is 0. The number of nitrogens with two attached hydrogens (primary N) is 1. The summed E-state index contributed by atoms with van der Waals surface area (Å²) < 4.78 is 6.24. The number of hydrogen-bond donors (Lipinski definition) is 1. The number of likely N-dealkylation sites (tertiary alicyclic amines) is 1. The molecule has 1 saturated heterocycles. The Morgan fingerprint density at radius 3 is 2.71 bits per heavy atom. The highest BCUT2D eigenvalue weighted by molar-refractivity contribution is 5.98. The fourth-order valence-electron chi connectivity index (χ4n) is 5.52. The molecule has 6 heteroatoms. The zero-order chi connectivity index (χ0) is 23.8. The maximum atomic E-state index is 13.1. The Morgan fingerprint density at radius 2 is 1.91 bits per heavy atom. The zero-order valence-electron chi connectivity index (χ0n) is 20.7. The molecule has 0 atom stereocenters. The molecule has 0 aliphatic carbocycles. The van der Waals surface area contributed by atoms with E-state index < -0.39 is 0 Å². The molecule has 3 heterocycles. The van der Waals surface area contributed by atoms with E-state index in [-0.39, 0.29) is 11.3 Å². The summed E-state index contributed by atoms with van der Waals surface area (Å²) in [6.07, 6.45) is 10.8. The van der Waals surface area contributed by atoms with Gasteiger partial charge in [-0.1, -0.05) is 38.0 Å². The molecule has 1 fully saturated rings. The van der Waals surface area contributed by atoms with E-state index in [4.69, 9.17) is 10.5 Å². The van der Waals surface area contributed by atoms with E-state index in [0.717, 1.165) is 64.3 Å². The minimum Gasteiger partial charge on any atom is -0.492 e. The van der Waals surface area contributed by atoms with Gasteiger partial charge in [-0.05, 0) is 74.2 Å². The Bertz CT molecular complexity index is 940. The number of nitrogen functional groups attached to an aromatic ring is 1. The number of piperidine rings is 1. The molecule has 6 nitrogen and oxygen atoms in total. The fraction of sp³-hybridized carbons (Fsp3) is 0.571. The van der Waals surface area contributed by atoms with Crippen LogP contribution in [0.5, 0.6) is 5.75 Å². The second kappa shape index (κ2) is 11.7. The van der Waals surface area contributed by atoms with Gasteiger partial charge in [0.15, 0.2) is 0 Å². The molecule has 1 aromatic heterocycles. The van der Waals surface area contributed by atoms with Crippen LogP contribution in [-0.4, -0.2) is 60.0 Å². The highest BCUT2D eigenvalue weighted by Crippen LogP contribution is 2.39. The van der Waals surface area contributed by atoms with Crippen molar-refractivity contribution in [2.45, 2.75) is 58.3 Å². The first-order valence-electron chi connectivity index (χ1n) is 13.0. The van der Waals surface area contributed by atoms with Gasteiger partial charge >= 0.3 is 0 Å². The van der Waals surface area contributed by atoms with E-state index in [9.17, 15) is 4.79 Å². The summed E-state index contributed by atoms with van der Waals surface area (Å²) in [5.41, 5.74) is 8.09. The quantitative estimate of drug-likeness (QED) is 0.704. The number of aromatic nitrogens is 1. The van der Waals surface area contributed by atoms with Gasteiger partial charge in [0.2, 0.25) is 0 Å². The summed E-state index contributed by atoms with van der Waals surface area (Å²) in [5, 5.41) is 0. The van der Waals surface area contributed by atoms with Crippen molar-refractivity contribution in [3.63, 3.8) is 0 Å². The van der Waals surface area contributed by atoms with Gasteiger partial charge in [-0.3, -0.25) is 9.69 Å². The molecule has 1 amide bonds. The summed E-state index contributed by atoms with van der Waals surface area (Å²) in [6, 6.07) is 12.1. The van der Waals surface area contributed by atoms with E-state index in [1.165, 1.54) is 37.7 Å². The van der Waals surface area contributed by atoms with E-state index >= 15 is 0 Å². The first-order chi connectivity index (χ1) is 16.6. The highest BCUT2D eigenvalue weighted by atomic mass is 16.5. The molecule has 2 aliphatic rings. The van der Waals surface area contributed by atoms with Crippen molar-refractivity contribution in [3.8, 4) is 5.75 Å². The third kappa shape index (κ3) is 6.09. The number of carbonyl (C=O) groups excluding carboxylic acids is 1. The average molecular weight is 465 g/mol. The molecule has 2 aliphatic heterocycles. The molecule has 1 spiro atoms. The molecule has 0 bridgehead atoms. The molecule has 4 rings (SSSR count). The minimum atomic E-state index is 0.0152. The van der Waals surface area contributed by atoms with Crippen molar-refractivity contribution >= 4 is 11.7 Å². The van der Waals surface area contributed by atoms with Gasteiger partial charge in [0.1, 0.15) is 18.2 Å². The van der Waals surface area contributed by atoms with Crippen LogP contribution in [-0.2, 0) is 6.42 Å². The number of amides is 1. The third-order valence-electron chi connectivity index (χ3n) is 7.61. The van der Waals surface area contributed by atoms with Crippen molar-refractivity contribution in [2.24, 2.45) is 5.41 Å². The molecular formula is C28H40N4O2. The Balaban J connectivity index is 1.46. The molecular weight excluding hydrogens is 424 g/mol. The Morgan fingerprint density at radius 1 is 1.09 bits per heavy atom. The normalized spacial score (nSPS) is 19.5. The van der Waals surface area contributed by atoms with Gasteiger partial charge in [0.25, 0.3) is 5.91 Å². The Hall–Kier alpha value is -2.60. The van der Waals surface area contributed by atoms with Crippen LogP contribution in [0, 0.1) is 5.41 Å². The smallest absolute Gasteiger partial charge is 0.257 e. The van der Waals surface area contributed by atoms with Gasteiger partial charge < -0.3 is 15.4 Å². The lowest BCUT2D eigenvalue weighted by Gasteiger charge is -2.45. The maximum absolute atomic E-state index is 13.1. The summed E-state index contributed by atoms with van der Waals surface area (Å²) in [6.45, 7) is 7.70. The molecule has 2 N–H and O–H groups in total. The van der Waals surface area contributed by atoms with Crippen molar-refractivity contribution < 1.29 is 9.53 Å². The SMILES string of the molecule is CCCCN1CCOc2ccccc2CCCCC2(CCN(C(=O)c3cccnc3N)CC2)C1. The van der Waals surface area contributed by atoms with Gasteiger partial charge in [0.05, 0.1) is 5.56 Å². The largest absolute Gasteiger partial charge is 0.492 e. The summed E-state index contributed by atoms with van der Waals surface area (Å²) in [7, 11) is 0. The summed E-state index contributed by atoms with van der Waals surface area (Å²) in [4.78, 5) is 21.8. The number of nitrogens with zero attached hydrogens (tertiary/aromatic N) is 3. The number of hydrogen-bond acceptors (Lipinski definition) is 5. The van der Waals surface area contributed by atoms with Crippen molar-refractivity contribution in [1.82, 2.24) is 14.8 Å². The van der Waals surface area contributed by atoms with Crippen LogP contribution in [0.3, 0.4) is 0 Å². The van der Waals surface area contributed by atoms with E-state index in [1.807, 2.05) is 4.90 Å². The summed E-state index contributed by atoms with van der Waals surface area (Å²) in [5.74, 6) is 1.39. The maximum Gasteiger partial charge on any atom is 0.257 e. The number of aryl methyl sites for hydroxylation is 1. The van der Waals surface area contributed by atoms with Gasteiger partial charge in [0, 0.05) is 32.4 Å². The molecule has 1 aromatic carbocycles. The van der Waals surface area contributed by atoms with E-state index in [0.29, 0.717) is 11.4 Å². The van der Waals surface area contributed by atoms with Crippen LogP contribution in [0.25, 0.3) is 0 Å². The lowest BCUT2D eigenvalue weighted by Crippen LogP contribution is -2.49. The Kier molecular flexibility index (Phi) is 8.44. The number of benzene rings is 1. The zero-order valence-corrected chi connectivity index (χ0v) is 20.7. The number of carbonyl (C=O) groups is 1. The molecule has 0 saturated carbocycles. The first-order valence-corrected chi connectivity index (χ1v) is 13.0. The second-order valence-electron chi connectivity index (χ2n) is 10.0. The number of pyridine rings is 1. The average Bonchev–Trinajstić information content (AvgIpc) is 2.85. The molecule has 0 unspecified atom stereocenters. The number of fused-ring (bicyclic) bond motifs is 1. The molecule has 2 aromatic rings. The van der Waals surface area contributed by atoms with Crippen LogP contribution in [0.1, 0.15) is 67.8 Å². The number of anilines is 1. The number of rotatable bonds is 4. The van der Waals surface area contributed by atoms with Crippen LogP contribution < -0.4 is 10.5 Å². The first kappa shape index (κ1) is 24.5. The predicted octanol–water partition coefficient (Wildman–Crippen LogP) is 4.79. The van der Waals surface area contributed by atoms with Crippen molar-refractivity contribution in [2.75, 3.05) is 45.1 Å². The minimum absolute atomic E-state index is 0.0152. The Labute approximate surface area is 204 Å². The fourth-order valence-corrected chi connectivity index (χ4v) is 5.52. The standard InChI is InChI=1S/C28H40N4O2/c1-2-3-17-31-20-21-34-25-12-5-4-9-23(25)10-6-7-13-28(22-31)14-18-32(19-15-28)27(33)24-11-8-16-30-26(24)29/h4-5,8-9,11-12,16H,2-3,6-7,10,13-15,17-22H2,1H3,(H2,29,30). The lowest BCUT2D eigenvalue weighted by atomic mass is 9.73. The van der Waals surface area contributed by atoms with Crippen LogP contribution >= 0.6 is 0 Å². The molecule has 184 valence electrons. The number of para-hydroxylation sites is 1. The van der Waals surface area contributed by atoms with Crippen LogP contribution in [0.2, 0.25) is 0 Å². The van der Waals surface area contributed by atoms with Crippen LogP contribution in [0.4, 0.5) is 5.82 Å². The molecule has 34 heavy (non-hydrogen) atoms. The third-order valence-corrected chi connectivity index (χ3v) is 7.61. The number of ether oxygens (including phenoxy) is 1. The van der Waals surface area contributed by atoms with E-state index in [1.54, 1.807) is 18.3 Å². The second-order valence-corrected chi connectivity index (χ2v) is 10.0. The predicted molar refractivity (Wildman–Crippen MR) is 137 cm³/mol.